The van der Waals surface area contributed by atoms with Gasteiger partial charge in [-0.3, -0.25) is 0 Å². The molecule has 0 aliphatic rings. The van der Waals surface area contributed by atoms with Gasteiger partial charge in [0.2, 0.25) is 10.0 Å². The Morgan fingerprint density at radius 1 is 1.21 bits per heavy atom. The summed E-state index contributed by atoms with van der Waals surface area (Å²) in [6.07, 6.45) is 2.86. The summed E-state index contributed by atoms with van der Waals surface area (Å²) in [6, 6.07) is 6.87. The first-order valence-electron chi connectivity index (χ1n) is 6.62. The zero-order valence-electron chi connectivity index (χ0n) is 11.5. The molecule has 1 N–H and O–H groups in total. The lowest BCUT2D eigenvalue weighted by molar-refractivity contribution is 0.457. The number of rotatable bonds is 8. The third-order valence-corrected chi connectivity index (χ3v) is 4.77. The van der Waals surface area contributed by atoms with Gasteiger partial charge in [0.05, 0.1) is 4.90 Å². The van der Waals surface area contributed by atoms with Crippen molar-refractivity contribution in [1.29, 1.82) is 0 Å². The van der Waals surface area contributed by atoms with E-state index < -0.39 is 10.0 Å². The van der Waals surface area contributed by atoms with Gasteiger partial charge in [-0.2, -0.15) is 0 Å². The second-order valence-corrected chi connectivity index (χ2v) is 6.94. The summed E-state index contributed by atoms with van der Waals surface area (Å²) >= 11 is 5.74. The highest BCUT2D eigenvalue weighted by Crippen LogP contribution is 2.14. The highest BCUT2D eigenvalue weighted by Gasteiger charge is 2.16. The highest BCUT2D eigenvalue weighted by atomic mass is 35.5. The second kappa shape index (κ2) is 7.88. The predicted octanol–water partition coefficient (Wildman–Crippen LogP) is 3.32. The third-order valence-electron chi connectivity index (χ3n) is 3.11. The molecule has 5 heteroatoms. The largest absolute Gasteiger partial charge is 0.240 e. The lowest BCUT2D eigenvalue weighted by Gasteiger charge is -2.15. The maximum atomic E-state index is 12.1. The SMILES string of the molecule is CCCC(CCCl)CNS(=O)(=O)c1ccc(C)cc1. The smallest absolute Gasteiger partial charge is 0.211 e. The number of nitrogens with one attached hydrogen (secondary N) is 1. The lowest BCUT2D eigenvalue weighted by atomic mass is 10.0. The van der Waals surface area contributed by atoms with Gasteiger partial charge >= 0.3 is 0 Å². The number of hydrogen-bond acceptors (Lipinski definition) is 2. The van der Waals surface area contributed by atoms with E-state index in [0.29, 0.717) is 23.2 Å². The molecule has 3 nitrogen and oxygen atoms in total. The molecule has 0 aliphatic carbocycles. The van der Waals surface area contributed by atoms with Crippen LogP contribution >= 0.6 is 11.6 Å². The van der Waals surface area contributed by atoms with Crippen LogP contribution in [0.2, 0.25) is 0 Å². The summed E-state index contributed by atoms with van der Waals surface area (Å²) in [6.45, 7) is 4.48. The molecular weight excluding hydrogens is 282 g/mol. The van der Waals surface area contributed by atoms with Gasteiger partial charge in [-0.1, -0.05) is 31.0 Å². The van der Waals surface area contributed by atoms with Gasteiger partial charge in [0.15, 0.2) is 0 Å². The average molecular weight is 304 g/mol. The molecule has 1 atom stereocenters. The first kappa shape index (κ1) is 16.5. The molecule has 0 bridgehead atoms. The minimum atomic E-state index is -3.40. The first-order valence-corrected chi connectivity index (χ1v) is 8.63. The van der Waals surface area contributed by atoms with Crippen LogP contribution in [0.25, 0.3) is 0 Å². The average Bonchev–Trinajstić information content (AvgIpc) is 2.37. The van der Waals surface area contributed by atoms with Crippen molar-refractivity contribution in [2.24, 2.45) is 5.92 Å². The predicted molar refractivity (Wildman–Crippen MR) is 80.1 cm³/mol. The summed E-state index contributed by atoms with van der Waals surface area (Å²) in [4.78, 5) is 0.319. The van der Waals surface area contributed by atoms with Crippen LogP contribution in [0.5, 0.6) is 0 Å². The fraction of sp³-hybridized carbons (Fsp3) is 0.571. The minimum absolute atomic E-state index is 0.308. The molecular formula is C14H22ClNO2S. The van der Waals surface area contributed by atoms with E-state index in [0.717, 1.165) is 24.8 Å². The second-order valence-electron chi connectivity index (χ2n) is 4.80. The molecule has 0 saturated carbocycles. The molecule has 0 fully saturated rings. The van der Waals surface area contributed by atoms with Crippen LogP contribution in [-0.4, -0.2) is 20.8 Å². The zero-order valence-corrected chi connectivity index (χ0v) is 13.1. The van der Waals surface area contributed by atoms with Gasteiger partial charge in [-0.15, -0.1) is 11.6 Å². The molecule has 0 heterocycles. The lowest BCUT2D eigenvalue weighted by Crippen LogP contribution is -2.29. The number of alkyl halides is 1. The van der Waals surface area contributed by atoms with Crippen LogP contribution < -0.4 is 4.72 Å². The Bertz CT molecular complexity index is 465. The third kappa shape index (κ3) is 5.51. The molecule has 0 radical (unpaired) electrons. The quantitative estimate of drug-likeness (QED) is 0.749. The molecule has 1 rings (SSSR count). The molecule has 1 aromatic carbocycles. The van der Waals surface area contributed by atoms with E-state index in [9.17, 15) is 8.42 Å². The van der Waals surface area contributed by atoms with E-state index >= 15 is 0 Å². The Kier molecular flexibility index (Phi) is 6.83. The van der Waals surface area contributed by atoms with E-state index in [-0.39, 0.29) is 0 Å². The molecule has 0 saturated heterocycles. The van der Waals surface area contributed by atoms with Crippen molar-refractivity contribution < 1.29 is 8.42 Å². The summed E-state index contributed by atoms with van der Waals surface area (Å²) in [5.74, 6) is 0.874. The van der Waals surface area contributed by atoms with Crippen molar-refractivity contribution in [2.45, 2.75) is 38.0 Å². The molecule has 1 aromatic rings. The molecule has 0 spiro atoms. The summed E-state index contributed by atoms with van der Waals surface area (Å²) in [5.41, 5.74) is 1.05. The van der Waals surface area contributed by atoms with Crippen molar-refractivity contribution in [3.05, 3.63) is 29.8 Å². The maximum absolute atomic E-state index is 12.1. The number of hydrogen-bond donors (Lipinski definition) is 1. The Labute approximate surface area is 121 Å². The molecule has 0 aliphatic heterocycles. The molecule has 19 heavy (non-hydrogen) atoms. The Balaban J connectivity index is 2.66. The first-order chi connectivity index (χ1) is 8.99. The van der Waals surface area contributed by atoms with Crippen LogP contribution in [0.15, 0.2) is 29.2 Å². The van der Waals surface area contributed by atoms with Gasteiger partial charge in [-0.05, 0) is 37.8 Å². The van der Waals surface area contributed by atoms with E-state index in [1.54, 1.807) is 24.3 Å². The molecule has 108 valence electrons. The van der Waals surface area contributed by atoms with Crippen LogP contribution in [0, 0.1) is 12.8 Å². The van der Waals surface area contributed by atoms with Crippen molar-refractivity contribution in [3.8, 4) is 0 Å². The van der Waals surface area contributed by atoms with Crippen molar-refractivity contribution in [1.82, 2.24) is 4.72 Å². The van der Waals surface area contributed by atoms with Gasteiger partial charge in [0.25, 0.3) is 0 Å². The van der Waals surface area contributed by atoms with Gasteiger partial charge in [0, 0.05) is 12.4 Å². The molecule has 0 aromatic heterocycles. The van der Waals surface area contributed by atoms with Crippen molar-refractivity contribution in [3.63, 3.8) is 0 Å². The number of aryl methyl sites for hydroxylation is 1. The number of sulfonamides is 1. The Morgan fingerprint density at radius 2 is 1.84 bits per heavy atom. The van der Waals surface area contributed by atoms with Crippen LogP contribution in [0.4, 0.5) is 0 Å². The minimum Gasteiger partial charge on any atom is -0.211 e. The number of benzene rings is 1. The topological polar surface area (TPSA) is 46.2 Å². The fourth-order valence-electron chi connectivity index (χ4n) is 1.94. The Morgan fingerprint density at radius 3 is 2.37 bits per heavy atom. The van der Waals surface area contributed by atoms with Crippen LogP contribution in [0.1, 0.15) is 31.7 Å². The molecule has 0 amide bonds. The normalized spacial score (nSPS) is 13.4. The Hall–Kier alpha value is -0.580. The van der Waals surface area contributed by atoms with E-state index in [1.165, 1.54) is 0 Å². The van der Waals surface area contributed by atoms with Gasteiger partial charge in [-0.25, -0.2) is 13.1 Å². The standard InChI is InChI=1S/C14H22ClNO2S/c1-3-4-13(9-10-15)11-16-19(17,18)14-7-5-12(2)6-8-14/h5-8,13,16H,3-4,9-11H2,1-2H3. The summed E-state index contributed by atoms with van der Waals surface area (Å²) in [7, 11) is -3.40. The fourth-order valence-corrected chi connectivity index (χ4v) is 3.36. The summed E-state index contributed by atoms with van der Waals surface area (Å²) < 4.78 is 26.9. The van der Waals surface area contributed by atoms with Gasteiger partial charge < -0.3 is 0 Å². The molecule has 1 unspecified atom stereocenters. The van der Waals surface area contributed by atoms with E-state index in [2.05, 4.69) is 11.6 Å². The van der Waals surface area contributed by atoms with Crippen molar-refractivity contribution >= 4 is 21.6 Å². The maximum Gasteiger partial charge on any atom is 0.240 e. The van der Waals surface area contributed by atoms with E-state index in [4.69, 9.17) is 11.6 Å². The monoisotopic (exact) mass is 303 g/mol. The number of halogens is 1. The van der Waals surface area contributed by atoms with Gasteiger partial charge in [0.1, 0.15) is 0 Å². The van der Waals surface area contributed by atoms with Crippen LogP contribution in [-0.2, 0) is 10.0 Å². The van der Waals surface area contributed by atoms with Crippen molar-refractivity contribution in [2.75, 3.05) is 12.4 Å². The zero-order chi connectivity index (χ0) is 14.3. The highest BCUT2D eigenvalue weighted by molar-refractivity contribution is 7.89. The van der Waals surface area contributed by atoms with Crippen LogP contribution in [0.3, 0.4) is 0 Å². The van der Waals surface area contributed by atoms with E-state index in [1.807, 2.05) is 6.92 Å². The summed E-state index contributed by atoms with van der Waals surface area (Å²) in [5, 5.41) is 0.